The van der Waals surface area contributed by atoms with Crippen molar-refractivity contribution in [1.82, 2.24) is 4.90 Å². The number of piperidine rings is 1. The molecule has 1 fully saturated rings. The van der Waals surface area contributed by atoms with Gasteiger partial charge in [0.05, 0.1) is 11.6 Å². The van der Waals surface area contributed by atoms with Gasteiger partial charge in [0.15, 0.2) is 0 Å². The van der Waals surface area contributed by atoms with Crippen molar-refractivity contribution in [2.75, 3.05) is 13.1 Å². The van der Waals surface area contributed by atoms with Gasteiger partial charge in [0.1, 0.15) is 5.75 Å². The van der Waals surface area contributed by atoms with Gasteiger partial charge in [0, 0.05) is 32.5 Å². The van der Waals surface area contributed by atoms with Gasteiger partial charge in [0.2, 0.25) is 5.60 Å². The molecule has 0 amide bonds. The lowest BCUT2D eigenvalue weighted by atomic mass is 9.90. The molecule has 3 rings (SSSR count). The molecule has 0 bridgehead atoms. The molecule has 5 heteroatoms. The third kappa shape index (κ3) is 4.04. The van der Waals surface area contributed by atoms with Crippen molar-refractivity contribution in [3.63, 3.8) is 0 Å². The Morgan fingerprint density at radius 1 is 1.15 bits per heavy atom. The Labute approximate surface area is 153 Å². The molecule has 0 unspecified atom stereocenters. The molecule has 0 atom stereocenters. The lowest BCUT2D eigenvalue weighted by Crippen LogP contribution is -2.53. The third-order valence-corrected chi connectivity index (χ3v) is 4.88. The number of aryl methyl sites for hydroxylation is 1. The first-order valence-corrected chi connectivity index (χ1v) is 8.71. The summed E-state index contributed by atoms with van der Waals surface area (Å²) >= 11 is 0. The lowest BCUT2D eigenvalue weighted by Gasteiger charge is -2.39. The smallest absolute Gasteiger partial charge is 0.348 e. The highest BCUT2D eigenvalue weighted by atomic mass is 16.5. The van der Waals surface area contributed by atoms with E-state index in [1.54, 1.807) is 12.1 Å². The van der Waals surface area contributed by atoms with E-state index in [4.69, 9.17) is 10.00 Å². The van der Waals surface area contributed by atoms with E-state index in [2.05, 4.69) is 11.0 Å². The van der Waals surface area contributed by atoms with Gasteiger partial charge in [-0.1, -0.05) is 29.8 Å². The number of ether oxygens (including phenoxy) is 1. The zero-order valence-electron chi connectivity index (χ0n) is 14.8. The van der Waals surface area contributed by atoms with Crippen LogP contribution in [-0.4, -0.2) is 34.7 Å². The Morgan fingerprint density at radius 2 is 1.77 bits per heavy atom. The van der Waals surface area contributed by atoms with E-state index in [9.17, 15) is 9.90 Å². The van der Waals surface area contributed by atoms with Crippen LogP contribution >= 0.6 is 0 Å². The standard InChI is InChI=1S/C21H22N2O3/c1-16-2-8-19(9-3-16)26-21(20(24)25)10-12-23(13-11-21)15-18-6-4-17(14-22)5-7-18/h2-9H,10-13,15H2,1H3,(H,24,25). The van der Waals surface area contributed by atoms with Gasteiger partial charge in [-0.15, -0.1) is 0 Å². The summed E-state index contributed by atoms with van der Waals surface area (Å²) < 4.78 is 5.93. The molecular weight excluding hydrogens is 328 g/mol. The summed E-state index contributed by atoms with van der Waals surface area (Å²) in [5.74, 6) is -0.311. The molecule has 1 aliphatic heterocycles. The number of aliphatic carboxylic acids is 1. The summed E-state index contributed by atoms with van der Waals surface area (Å²) in [4.78, 5) is 14.1. The molecule has 0 saturated carbocycles. The normalized spacial score (nSPS) is 16.6. The Morgan fingerprint density at radius 3 is 2.31 bits per heavy atom. The van der Waals surface area contributed by atoms with Crippen molar-refractivity contribution < 1.29 is 14.6 Å². The number of nitriles is 1. The SMILES string of the molecule is Cc1ccc(OC2(C(=O)O)CCN(Cc3ccc(C#N)cc3)CC2)cc1. The van der Waals surface area contributed by atoms with Crippen molar-refractivity contribution in [1.29, 1.82) is 5.26 Å². The molecule has 134 valence electrons. The van der Waals surface area contributed by atoms with Gasteiger partial charge in [-0.3, -0.25) is 4.90 Å². The number of nitrogens with zero attached hydrogens (tertiary/aromatic N) is 2. The first-order chi connectivity index (χ1) is 12.5. The minimum atomic E-state index is -1.17. The summed E-state index contributed by atoms with van der Waals surface area (Å²) in [5.41, 5.74) is 1.70. The Bertz CT molecular complexity index is 799. The highest BCUT2D eigenvalue weighted by molar-refractivity contribution is 5.78. The first kappa shape index (κ1) is 18.0. The molecule has 26 heavy (non-hydrogen) atoms. The van der Waals surface area contributed by atoms with Crippen LogP contribution in [0.2, 0.25) is 0 Å². The number of rotatable bonds is 5. The molecule has 1 saturated heterocycles. The predicted octanol–water partition coefficient (Wildman–Crippen LogP) is 3.36. The van der Waals surface area contributed by atoms with Crippen LogP contribution in [0.1, 0.15) is 29.5 Å². The van der Waals surface area contributed by atoms with E-state index in [-0.39, 0.29) is 0 Å². The quantitative estimate of drug-likeness (QED) is 0.895. The minimum absolute atomic E-state index is 0.437. The number of hydrogen-bond donors (Lipinski definition) is 1. The van der Waals surface area contributed by atoms with Crippen molar-refractivity contribution in [3.8, 4) is 11.8 Å². The molecule has 1 aliphatic rings. The van der Waals surface area contributed by atoms with E-state index >= 15 is 0 Å². The van der Waals surface area contributed by atoms with Crippen LogP contribution < -0.4 is 4.74 Å². The van der Waals surface area contributed by atoms with Gasteiger partial charge in [-0.25, -0.2) is 4.79 Å². The van der Waals surface area contributed by atoms with Gasteiger partial charge in [-0.2, -0.15) is 5.26 Å². The molecule has 5 nitrogen and oxygen atoms in total. The highest BCUT2D eigenvalue weighted by Gasteiger charge is 2.44. The second-order valence-corrected chi connectivity index (χ2v) is 6.80. The van der Waals surface area contributed by atoms with Crippen LogP contribution in [0, 0.1) is 18.3 Å². The topological polar surface area (TPSA) is 73.6 Å². The van der Waals surface area contributed by atoms with E-state index in [0.717, 1.165) is 17.7 Å². The van der Waals surface area contributed by atoms with Gasteiger partial charge in [-0.05, 0) is 36.8 Å². The van der Waals surface area contributed by atoms with Crippen molar-refractivity contribution in [2.45, 2.75) is 31.9 Å². The lowest BCUT2D eigenvalue weighted by molar-refractivity contribution is -0.159. The maximum absolute atomic E-state index is 11.9. The number of carbonyl (C=O) groups is 1. The maximum Gasteiger partial charge on any atom is 0.348 e. The summed E-state index contributed by atoms with van der Waals surface area (Å²) in [6, 6.07) is 17.1. The van der Waals surface area contributed by atoms with Crippen LogP contribution in [0.5, 0.6) is 5.75 Å². The Kier molecular flexibility index (Phi) is 5.24. The monoisotopic (exact) mass is 350 g/mol. The number of carboxylic acid groups (broad SMARTS) is 1. The van der Waals surface area contributed by atoms with E-state index in [1.165, 1.54) is 0 Å². The zero-order valence-corrected chi connectivity index (χ0v) is 14.8. The number of benzene rings is 2. The fourth-order valence-electron chi connectivity index (χ4n) is 3.21. The van der Waals surface area contributed by atoms with Crippen LogP contribution in [-0.2, 0) is 11.3 Å². The second kappa shape index (κ2) is 7.59. The second-order valence-electron chi connectivity index (χ2n) is 6.80. The van der Waals surface area contributed by atoms with Crippen LogP contribution in [0.3, 0.4) is 0 Å². The number of hydrogen-bond acceptors (Lipinski definition) is 4. The molecule has 2 aromatic carbocycles. The largest absolute Gasteiger partial charge is 0.478 e. The predicted molar refractivity (Wildman–Crippen MR) is 97.8 cm³/mol. The van der Waals surface area contributed by atoms with Gasteiger partial charge in [0.25, 0.3) is 0 Å². The summed E-state index contributed by atoms with van der Waals surface area (Å²) in [6.45, 7) is 4.03. The summed E-state index contributed by atoms with van der Waals surface area (Å²) in [6.07, 6.45) is 0.874. The van der Waals surface area contributed by atoms with Crippen LogP contribution in [0.25, 0.3) is 0 Å². The first-order valence-electron chi connectivity index (χ1n) is 8.71. The molecular formula is C21H22N2O3. The van der Waals surface area contributed by atoms with Crippen molar-refractivity contribution >= 4 is 5.97 Å². The fraction of sp³-hybridized carbons (Fsp3) is 0.333. The maximum atomic E-state index is 11.9. The Balaban J connectivity index is 1.64. The molecule has 1 N–H and O–H groups in total. The van der Waals surface area contributed by atoms with Gasteiger partial charge < -0.3 is 9.84 Å². The third-order valence-electron chi connectivity index (χ3n) is 4.88. The number of likely N-dealkylation sites (tertiary alicyclic amines) is 1. The molecule has 0 radical (unpaired) electrons. The Hall–Kier alpha value is -2.84. The molecule has 0 aromatic heterocycles. The molecule has 0 aliphatic carbocycles. The minimum Gasteiger partial charge on any atom is -0.478 e. The van der Waals surface area contributed by atoms with Crippen molar-refractivity contribution in [3.05, 3.63) is 65.2 Å². The summed E-state index contributed by atoms with van der Waals surface area (Å²) in [5, 5.41) is 18.6. The molecule has 0 spiro atoms. The number of carboxylic acids is 1. The average Bonchev–Trinajstić information content (AvgIpc) is 2.66. The van der Waals surface area contributed by atoms with Crippen molar-refractivity contribution in [2.24, 2.45) is 0 Å². The average molecular weight is 350 g/mol. The molecule has 2 aromatic rings. The van der Waals surface area contributed by atoms with E-state index < -0.39 is 11.6 Å². The highest BCUT2D eigenvalue weighted by Crippen LogP contribution is 2.30. The van der Waals surface area contributed by atoms with Gasteiger partial charge >= 0.3 is 5.97 Å². The van der Waals surface area contributed by atoms with E-state index in [0.29, 0.717) is 37.2 Å². The summed E-state index contributed by atoms with van der Waals surface area (Å²) in [7, 11) is 0. The van der Waals surface area contributed by atoms with Crippen LogP contribution in [0.15, 0.2) is 48.5 Å². The van der Waals surface area contributed by atoms with E-state index in [1.807, 2.05) is 43.3 Å². The fourth-order valence-corrected chi connectivity index (χ4v) is 3.21. The van der Waals surface area contributed by atoms with Crippen LogP contribution in [0.4, 0.5) is 0 Å². The molecule has 1 heterocycles. The zero-order chi connectivity index (χ0) is 18.6.